The van der Waals surface area contributed by atoms with Gasteiger partial charge in [-0.25, -0.2) is 0 Å². The molecule has 0 bridgehead atoms. The third-order valence-corrected chi connectivity index (χ3v) is 4.02. The molecule has 1 aliphatic carbocycles. The predicted octanol–water partition coefficient (Wildman–Crippen LogP) is 2.25. The molecule has 0 radical (unpaired) electrons. The summed E-state index contributed by atoms with van der Waals surface area (Å²) >= 11 is 0. The summed E-state index contributed by atoms with van der Waals surface area (Å²) < 4.78 is 5.12. The molecule has 3 heteroatoms. The molecule has 1 fully saturated rings. The predicted molar refractivity (Wildman–Crippen MR) is 67.9 cm³/mol. The highest BCUT2D eigenvalue weighted by atomic mass is 16.5. The second-order valence-corrected chi connectivity index (χ2v) is 4.95. The van der Waals surface area contributed by atoms with Crippen LogP contribution in [-0.2, 0) is 0 Å². The van der Waals surface area contributed by atoms with E-state index in [1.165, 1.54) is 12.8 Å². The smallest absolute Gasteiger partial charge is 0.118 e. The normalized spacial score (nSPS) is 20.2. The average molecular weight is 235 g/mol. The highest BCUT2D eigenvalue weighted by molar-refractivity contribution is 5.29. The van der Waals surface area contributed by atoms with Crippen molar-refractivity contribution in [3.8, 4) is 5.75 Å². The van der Waals surface area contributed by atoms with Crippen molar-refractivity contribution >= 4 is 0 Å². The van der Waals surface area contributed by atoms with Crippen LogP contribution in [0.1, 0.15) is 37.4 Å². The molecule has 94 valence electrons. The minimum atomic E-state index is -0.457. The lowest BCUT2D eigenvalue weighted by atomic mass is 9.77. The van der Waals surface area contributed by atoms with Crippen molar-refractivity contribution in [2.24, 2.45) is 11.1 Å². The van der Waals surface area contributed by atoms with Gasteiger partial charge in [0.1, 0.15) is 5.75 Å². The Hall–Kier alpha value is -1.06. The van der Waals surface area contributed by atoms with E-state index in [2.05, 4.69) is 0 Å². The molecule has 1 aromatic carbocycles. The molecule has 3 nitrogen and oxygen atoms in total. The van der Waals surface area contributed by atoms with E-state index in [0.717, 1.165) is 24.2 Å². The molecular formula is C14H21NO2. The van der Waals surface area contributed by atoms with Gasteiger partial charge in [0.25, 0.3) is 0 Å². The number of nitrogens with two attached hydrogens (primary N) is 1. The SMILES string of the molecule is COc1ccc(C(O)C2(CN)CCCC2)cc1. The quantitative estimate of drug-likeness (QED) is 0.841. The summed E-state index contributed by atoms with van der Waals surface area (Å²) in [6, 6.07) is 7.63. The summed E-state index contributed by atoms with van der Waals surface area (Å²) in [6.45, 7) is 0.556. The molecule has 0 saturated heterocycles. The van der Waals surface area contributed by atoms with E-state index < -0.39 is 6.10 Å². The molecule has 3 N–H and O–H groups in total. The van der Waals surface area contributed by atoms with Crippen molar-refractivity contribution < 1.29 is 9.84 Å². The molecule has 1 saturated carbocycles. The Kier molecular flexibility index (Phi) is 3.69. The first-order chi connectivity index (χ1) is 8.22. The topological polar surface area (TPSA) is 55.5 Å². The van der Waals surface area contributed by atoms with Crippen molar-refractivity contribution in [2.75, 3.05) is 13.7 Å². The highest BCUT2D eigenvalue weighted by Gasteiger charge is 2.39. The van der Waals surface area contributed by atoms with Gasteiger partial charge in [0.05, 0.1) is 13.2 Å². The maximum absolute atomic E-state index is 10.5. The zero-order valence-electron chi connectivity index (χ0n) is 10.4. The van der Waals surface area contributed by atoms with E-state index in [4.69, 9.17) is 10.5 Å². The molecule has 0 aliphatic heterocycles. The Bertz CT molecular complexity index is 355. The first-order valence-electron chi connectivity index (χ1n) is 6.24. The summed E-state index contributed by atoms with van der Waals surface area (Å²) in [4.78, 5) is 0. The first-order valence-corrected chi connectivity index (χ1v) is 6.24. The summed E-state index contributed by atoms with van der Waals surface area (Å²) in [7, 11) is 1.64. The van der Waals surface area contributed by atoms with Crippen LogP contribution < -0.4 is 10.5 Å². The van der Waals surface area contributed by atoms with Gasteiger partial charge in [-0.15, -0.1) is 0 Å². The van der Waals surface area contributed by atoms with E-state index in [-0.39, 0.29) is 5.41 Å². The van der Waals surface area contributed by atoms with Crippen molar-refractivity contribution in [1.82, 2.24) is 0 Å². The van der Waals surface area contributed by atoms with Crippen LogP contribution in [-0.4, -0.2) is 18.8 Å². The van der Waals surface area contributed by atoms with Crippen molar-refractivity contribution in [1.29, 1.82) is 0 Å². The average Bonchev–Trinajstić information content (AvgIpc) is 2.88. The van der Waals surface area contributed by atoms with Crippen molar-refractivity contribution in [3.63, 3.8) is 0 Å². The maximum atomic E-state index is 10.5. The fraction of sp³-hybridized carbons (Fsp3) is 0.571. The second kappa shape index (κ2) is 5.07. The zero-order valence-corrected chi connectivity index (χ0v) is 10.4. The number of methoxy groups -OCH3 is 1. The van der Waals surface area contributed by atoms with Gasteiger partial charge in [0.15, 0.2) is 0 Å². The Balaban J connectivity index is 2.19. The van der Waals surface area contributed by atoms with Gasteiger partial charge in [-0.1, -0.05) is 25.0 Å². The number of aliphatic hydroxyl groups is 1. The van der Waals surface area contributed by atoms with E-state index in [9.17, 15) is 5.11 Å². The lowest BCUT2D eigenvalue weighted by Gasteiger charge is -2.33. The standard InChI is InChI=1S/C14H21NO2/c1-17-12-6-4-11(5-7-12)13(16)14(10-15)8-2-3-9-14/h4-7,13,16H,2-3,8-10,15H2,1H3. The highest BCUT2D eigenvalue weighted by Crippen LogP contribution is 2.46. The van der Waals surface area contributed by atoms with Crippen LogP contribution in [0.4, 0.5) is 0 Å². The van der Waals surface area contributed by atoms with Gasteiger partial charge < -0.3 is 15.6 Å². The van der Waals surface area contributed by atoms with Gasteiger partial charge in [-0.2, -0.15) is 0 Å². The molecule has 1 unspecified atom stereocenters. The molecule has 0 aromatic heterocycles. The third-order valence-electron chi connectivity index (χ3n) is 4.02. The zero-order chi connectivity index (χ0) is 12.3. The molecule has 1 atom stereocenters. The molecule has 2 rings (SSSR count). The minimum absolute atomic E-state index is 0.116. The largest absolute Gasteiger partial charge is 0.497 e. The van der Waals surface area contributed by atoms with E-state index in [0.29, 0.717) is 6.54 Å². The van der Waals surface area contributed by atoms with Gasteiger partial charge in [-0.3, -0.25) is 0 Å². The van der Waals surface area contributed by atoms with E-state index >= 15 is 0 Å². The lowest BCUT2D eigenvalue weighted by Crippen LogP contribution is -2.34. The number of aliphatic hydroxyl groups excluding tert-OH is 1. The van der Waals surface area contributed by atoms with Gasteiger partial charge in [0.2, 0.25) is 0 Å². The number of hydrogen-bond acceptors (Lipinski definition) is 3. The summed E-state index contributed by atoms with van der Waals surface area (Å²) in [5.41, 5.74) is 6.70. The fourth-order valence-electron chi connectivity index (χ4n) is 2.81. The summed E-state index contributed by atoms with van der Waals surface area (Å²) in [5, 5.41) is 10.5. The lowest BCUT2D eigenvalue weighted by molar-refractivity contribution is 0.0333. The Labute approximate surface area is 103 Å². The number of hydrogen-bond donors (Lipinski definition) is 2. The van der Waals surface area contributed by atoms with Crippen LogP contribution in [0.15, 0.2) is 24.3 Å². The monoisotopic (exact) mass is 235 g/mol. The third kappa shape index (κ3) is 2.31. The molecule has 0 amide bonds. The van der Waals surface area contributed by atoms with E-state index in [1.807, 2.05) is 24.3 Å². The minimum Gasteiger partial charge on any atom is -0.497 e. The first kappa shape index (κ1) is 12.4. The summed E-state index contributed by atoms with van der Waals surface area (Å²) in [6.07, 6.45) is 3.93. The van der Waals surface area contributed by atoms with Gasteiger partial charge >= 0.3 is 0 Å². The van der Waals surface area contributed by atoms with E-state index in [1.54, 1.807) is 7.11 Å². The van der Waals surface area contributed by atoms with Crippen molar-refractivity contribution in [2.45, 2.75) is 31.8 Å². The van der Waals surface area contributed by atoms with Crippen LogP contribution in [0, 0.1) is 5.41 Å². The molecular weight excluding hydrogens is 214 g/mol. The van der Waals surface area contributed by atoms with Crippen molar-refractivity contribution in [3.05, 3.63) is 29.8 Å². The van der Waals surface area contributed by atoms with Crippen LogP contribution in [0.25, 0.3) is 0 Å². The number of rotatable bonds is 4. The van der Waals surface area contributed by atoms with Crippen LogP contribution in [0.2, 0.25) is 0 Å². The van der Waals surface area contributed by atoms with Crippen LogP contribution in [0.5, 0.6) is 5.75 Å². The summed E-state index contributed by atoms with van der Waals surface area (Å²) in [5.74, 6) is 0.814. The Morgan fingerprint density at radius 2 is 1.88 bits per heavy atom. The van der Waals surface area contributed by atoms with Gasteiger partial charge in [0, 0.05) is 12.0 Å². The van der Waals surface area contributed by atoms with Gasteiger partial charge in [-0.05, 0) is 30.5 Å². The molecule has 0 heterocycles. The molecule has 17 heavy (non-hydrogen) atoms. The number of benzene rings is 1. The Morgan fingerprint density at radius 1 is 1.29 bits per heavy atom. The molecule has 1 aliphatic rings. The molecule has 0 spiro atoms. The number of ether oxygens (including phenoxy) is 1. The maximum Gasteiger partial charge on any atom is 0.118 e. The van der Waals surface area contributed by atoms with Crippen LogP contribution >= 0.6 is 0 Å². The fourth-order valence-corrected chi connectivity index (χ4v) is 2.81. The molecule has 1 aromatic rings. The second-order valence-electron chi connectivity index (χ2n) is 4.95. The van der Waals surface area contributed by atoms with Crippen LogP contribution in [0.3, 0.4) is 0 Å². The Morgan fingerprint density at radius 3 is 2.35 bits per heavy atom.